The van der Waals surface area contributed by atoms with Crippen LogP contribution in [0.5, 0.6) is 0 Å². The van der Waals surface area contributed by atoms with Crippen LogP contribution in [0.3, 0.4) is 0 Å². The number of carbonyl (C=O) groups excluding carboxylic acids is 1. The smallest absolute Gasteiger partial charge is 0.260 e. The molecule has 1 fully saturated rings. The zero-order chi connectivity index (χ0) is 15.1. The van der Waals surface area contributed by atoms with Crippen molar-refractivity contribution in [1.82, 2.24) is 4.90 Å². The van der Waals surface area contributed by atoms with Crippen molar-refractivity contribution in [2.24, 2.45) is 0 Å². The summed E-state index contributed by atoms with van der Waals surface area (Å²) in [6.07, 6.45) is 1.30. The van der Waals surface area contributed by atoms with Gasteiger partial charge in [-0.2, -0.15) is 0 Å². The van der Waals surface area contributed by atoms with Gasteiger partial charge in [0.15, 0.2) is 0 Å². The Labute approximate surface area is 130 Å². The van der Waals surface area contributed by atoms with Crippen molar-refractivity contribution in [1.29, 1.82) is 0 Å². The fraction of sp³-hybridized carbons (Fsp3) is 0.389. The summed E-state index contributed by atoms with van der Waals surface area (Å²) in [7, 11) is 0. The minimum absolute atomic E-state index is 0.117. The van der Waals surface area contributed by atoms with E-state index in [9.17, 15) is 4.79 Å². The van der Waals surface area contributed by atoms with Crippen LogP contribution in [0.4, 0.5) is 5.69 Å². The molecule has 1 saturated heterocycles. The highest BCUT2D eigenvalue weighted by atomic mass is 16.5. The summed E-state index contributed by atoms with van der Waals surface area (Å²) < 4.78 is 5.72. The molecule has 22 heavy (non-hydrogen) atoms. The third kappa shape index (κ3) is 2.11. The van der Waals surface area contributed by atoms with Crippen LogP contribution in [-0.2, 0) is 4.74 Å². The minimum Gasteiger partial charge on any atom is -0.376 e. The third-order valence-corrected chi connectivity index (χ3v) is 4.67. The van der Waals surface area contributed by atoms with E-state index in [0.29, 0.717) is 6.67 Å². The van der Waals surface area contributed by atoms with Gasteiger partial charge in [-0.05, 0) is 23.9 Å². The lowest BCUT2D eigenvalue weighted by molar-refractivity contribution is -0.0290. The summed E-state index contributed by atoms with van der Waals surface area (Å²) in [6.45, 7) is 5.31. The molecule has 2 aromatic carbocycles. The van der Waals surface area contributed by atoms with Crippen LogP contribution >= 0.6 is 0 Å². The first-order valence-corrected chi connectivity index (χ1v) is 7.95. The SMILES string of the molecule is CCC1CN(CN2C(=O)c3cccc4cccc2c34)CCO1. The Balaban J connectivity index is 1.64. The van der Waals surface area contributed by atoms with Crippen molar-refractivity contribution in [2.75, 3.05) is 31.3 Å². The highest BCUT2D eigenvalue weighted by Gasteiger charge is 2.31. The molecule has 2 aliphatic rings. The zero-order valence-electron chi connectivity index (χ0n) is 12.8. The van der Waals surface area contributed by atoms with E-state index in [1.165, 1.54) is 0 Å². The molecule has 0 bridgehead atoms. The Bertz CT molecular complexity index is 723. The predicted molar refractivity (Wildman–Crippen MR) is 87.2 cm³/mol. The van der Waals surface area contributed by atoms with Crippen molar-refractivity contribution >= 4 is 22.4 Å². The molecule has 2 aliphatic heterocycles. The van der Waals surface area contributed by atoms with E-state index in [1.54, 1.807) is 0 Å². The maximum atomic E-state index is 12.8. The lowest BCUT2D eigenvalue weighted by Gasteiger charge is -2.35. The van der Waals surface area contributed by atoms with E-state index >= 15 is 0 Å². The van der Waals surface area contributed by atoms with Crippen LogP contribution in [0.2, 0.25) is 0 Å². The molecule has 1 atom stereocenters. The average Bonchev–Trinajstić information content (AvgIpc) is 2.83. The van der Waals surface area contributed by atoms with Crippen LogP contribution in [0, 0.1) is 0 Å². The van der Waals surface area contributed by atoms with E-state index in [4.69, 9.17) is 4.74 Å². The van der Waals surface area contributed by atoms with Crippen molar-refractivity contribution in [3.05, 3.63) is 42.0 Å². The number of amides is 1. The number of hydrogen-bond donors (Lipinski definition) is 0. The lowest BCUT2D eigenvalue weighted by atomic mass is 10.1. The number of rotatable bonds is 3. The maximum absolute atomic E-state index is 12.8. The van der Waals surface area contributed by atoms with Gasteiger partial charge in [0, 0.05) is 24.0 Å². The van der Waals surface area contributed by atoms with Gasteiger partial charge in [0.05, 0.1) is 25.1 Å². The van der Waals surface area contributed by atoms with Gasteiger partial charge < -0.3 is 4.74 Å². The monoisotopic (exact) mass is 296 g/mol. The molecule has 0 spiro atoms. The summed E-state index contributed by atoms with van der Waals surface area (Å²) in [4.78, 5) is 17.0. The second kappa shape index (κ2) is 5.38. The molecule has 0 aliphatic carbocycles. The number of anilines is 1. The second-order valence-electron chi connectivity index (χ2n) is 6.03. The number of nitrogens with zero attached hydrogens (tertiary/aromatic N) is 2. The van der Waals surface area contributed by atoms with E-state index in [-0.39, 0.29) is 12.0 Å². The van der Waals surface area contributed by atoms with Gasteiger partial charge in [0.1, 0.15) is 0 Å². The minimum atomic E-state index is 0.117. The Kier molecular flexibility index (Phi) is 3.36. The standard InChI is InChI=1S/C18H20N2O2/c1-2-14-11-19(9-10-22-14)12-20-16-8-4-6-13-5-3-7-15(17(13)16)18(20)21/h3-8,14H,2,9-12H2,1H3. The van der Waals surface area contributed by atoms with Crippen LogP contribution in [0.1, 0.15) is 23.7 Å². The van der Waals surface area contributed by atoms with Gasteiger partial charge >= 0.3 is 0 Å². The van der Waals surface area contributed by atoms with Gasteiger partial charge in [-0.25, -0.2) is 0 Å². The Hall–Kier alpha value is -1.91. The molecule has 1 amide bonds. The molecule has 0 aromatic heterocycles. The summed E-state index contributed by atoms with van der Waals surface area (Å²) in [5.41, 5.74) is 1.87. The van der Waals surface area contributed by atoms with Crippen LogP contribution in [0.15, 0.2) is 36.4 Å². The van der Waals surface area contributed by atoms with Crippen LogP contribution in [-0.4, -0.2) is 43.3 Å². The molecule has 4 nitrogen and oxygen atoms in total. The lowest BCUT2D eigenvalue weighted by Crippen LogP contribution is -2.48. The summed E-state index contributed by atoms with van der Waals surface area (Å²) in [5, 5.41) is 2.23. The Morgan fingerprint density at radius 3 is 2.86 bits per heavy atom. The summed E-state index contributed by atoms with van der Waals surface area (Å²) >= 11 is 0. The topological polar surface area (TPSA) is 32.8 Å². The third-order valence-electron chi connectivity index (χ3n) is 4.67. The summed E-state index contributed by atoms with van der Waals surface area (Å²) in [6, 6.07) is 12.1. The molecular formula is C18H20N2O2. The number of carbonyl (C=O) groups is 1. The molecule has 2 heterocycles. The molecule has 0 N–H and O–H groups in total. The molecule has 0 saturated carbocycles. The van der Waals surface area contributed by atoms with E-state index < -0.39 is 0 Å². The van der Waals surface area contributed by atoms with Crippen molar-refractivity contribution in [2.45, 2.75) is 19.4 Å². The number of hydrogen-bond acceptors (Lipinski definition) is 3. The average molecular weight is 296 g/mol. The highest BCUT2D eigenvalue weighted by Crippen LogP contribution is 2.37. The van der Waals surface area contributed by atoms with Crippen LogP contribution in [0.25, 0.3) is 10.8 Å². The first-order chi connectivity index (χ1) is 10.8. The number of benzene rings is 2. The van der Waals surface area contributed by atoms with Crippen molar-refractivity contribution in [3.8, 4) is 0 Å². The fourth-order valence-corrected chi connectivity index (χ4v) is 3.48. The first kappa shape index (κ1) is 13.7. The zero-order valence-corrected chi connectivity index (χ0v) is 12.8. The van der Waals surface area contributed by atoms with Gasteiger partial charge in [0.25, 0.3) is 5.91 Å². The molecule has 4 heteroatoms. The molecular weight excluding hydrogens is 276 g/mol. The molecule has 2 aromatic rings. The van der Waals surface area contributed by atoms with Gasteiger partial charge in [0.2, 0.25) is 0 Å². The van der Waals surface area contributed by atoms with E-state index in [1.807, 2.05) is 23.1 Å². The van der Waals surface area contributed by atoms with Crippen LogP contribution < -0.4 is 4.90 Å². The normalized spacial score (nSPS) is 21.8. The van der Waals surface area contributed by atoms with Gasteiger partial charge in [-0.1, -0.05) is 31.2 Å². The fourth-order valence-electron chi connectivity index (χ4n) is 3.48. The number of ether oxygens (including phenoxy) is 1. The van der Waals surface area contributed by atoms with Gasteiger partial charge in [-0.3, -0.25) is 14.6 Å². The highest BCUT2D eigenvalue weighted by molar-refractivity contribution is 6.24. The van der Waals surface area contributed by atoms with Crippen molar-refractivity contribution < 1.29 is 9.53 Å². The molecule has 4 rings (SSSR count). The van der Waals surface area contributed by atoms with E-state index in [0.717, 1.165) is 48.1 Å². The van der Waals surface area contributed by atoms with Crippen molar-refractivity contribution in [3.63, 3.8) is 0 Å². The quantitative estimate of drug-likeness (QED) is 0.873. The Morgan fingerprint density at radius 2 is 2.05 bits per heavy atom. The number of morpholine rings is 1. The molecule has 0 radical (unpaired) electrons. The predicted octanol–water partition coefficient (Wildman–Crippen LogP) is 2.87. The Morgan fingerprint density at radius 1 is 1.23 bits per heavy atom. The molecule has 114 valence electrons. The van der Waals surface area contributed by atoms with E-state index in [2.05, 4.69) is 30.0 Å². The second-order valence-corrected chi connectivity index (χ2v) is 6.03. The molecule has 1 unspecified atom stereocenters. The first-order valence-electron chi connectivity index (χ1n) is 7.95. The largest absolute Gasteiger partial charge is 0.376 e. The maximum Gasteiger partial charge on any atom is 0.260 e. The summed E-state index contributed by atoms with van der Waals surface area (Å²) in [5.74, 6) is 0.117. The van der Waals surface area contributed by atoms with Gasteiger partial charge in [-0.15, -0.1) is 0 Å².